The van der Waals surface area contributed by atoms with Gasteiger partial charge >= 0.3 is 0 Å². The summed E-state index contributed by atoms with van der Waals surface area (Å²) < 4.78 is 5.60. The molecule has 0 spiro atoms. The maximum absolute atomic E-state index is 12.7. The molecule has 0 aliphatic carbocycles. The lowest BCUT2D eigenvalue weighted by Crippen LogP contribution is -2.57. The van der Waals surface area contributed by atoms with Gasteiger partial charge in [0, 0.05) is 5.56 Å². The Balaban J connectivity index is 2.24. The number of ether oxygens (including phenoxy) is 1. The van der Waals surface area contributed by atoms with Crippen molar-refractivity contribution in [3.05, 3.63) is 29.8 Å². The lowest BCUT2D eigenvalue weighted by atomic mass is 9.88. The van der Waals surface area contributed by atoms with Gasteiger partial charge in [0.1, 0.15) is 5.75 Å². The number of carbonyl (C=O) groups excluding carboxylic acids is 1. The number of nitrogens with two attached hydrogens (primary N) is 1. The quantitative estimate of drug-likeness (QED) is 0.821. The molecule has 0 saturated heterocycles. The molecule has 21 heavy (non-hydrogen) atoms. The molecule has 0 saturated carbocycles. The van der Waals surface area contributed by atoms with E-state index in [1.54, 1.807) is 0 Å². The maximum atomic E-state index is 12.7. The van der Waals surface area contributed by atoms with Gasteiger partial charge < -0.3 is 15.8 Å². The lowest BCUT2D eigenvalue weighted by Gasteiger charge is -2.34. The first-order valence-corrected chi connectivity index (χ1v) is 7.78. The van der Waals surface area contributed by atoms with Crippen LogP contribution in [0.4, 0.5) is 0 Å². The summed E-state index contributed by atoms with van der Waals surface area (Å²) in [4.78, 5) is 13.1. The van der Waals surface area contributed by atoms with E-state index >= 15 is 0 Å². The average molecular weight is 306 g/mol. The van der Waals surface area contributed by atoms with E-state index in [9.17, 15) is 4.79 Å². The van der Waals surface area contributed by atoms with Gasteiger partial charge in [-0.3, -0.25) is 4.79 Å². The molecule has 1 aromatic carbocycles. The smallest absolute Gasteiger partial charge is 0.228 e. The summed E-state index contributed by atoms with van der Waals surface area (Å²) in [6.07, 6.45) is 2.05. The zero-order valence-electron chi connectivity index (χ0n) is 12.5. The molecule has 1 aliphatic heterocycles. The van der Waals surface area contributed by atoms with Crippen molar-refractivity contribution in [1.82, 2.24) is 5.32 Å². The van der Waals surface area contributed by atoms with Gasteiger partial charge in [-0.05, 0) is 25.3 Å². The molecule has 1 atom stereocenters. The first-order chi connectivity index (χ1) is 10.0. The Labute approximate surface area is 131 Å². The molecule has 5 heteroatoms. The lowest BCUT2D eigenvalue weighted by molar-refractivity contribution is -0.124. The van der Waals surface area contributed by atoms with Gasteiger partial charge in [-0.15, -0.1) is 0 Å². The predicted octanol–water partition coefficient (Wildman–Crippen LogP) is 2.51. The monoisotopic (exact) mass is 306 g/mol. The first-order valence-electron chi connectivity index (χ1n) is 7.37. The summed E-state index contributed by atoms with van der Waals surface area (Å²) in [5, 5.41) is 3.08. The number of benzene rings is 1. The number of rotatable bonds is 5. The molecule has 114 valence electrons. The van der Waals surface area contributed by atoms with E-state index in [1.807, 2.05) is 38.1 Å². The Morgan fingerprint density at radius 3 is 2.71 bits per heavy atom. The molecular formula is C16H22N2O2S. The maximum Gasteiger partial charge on any atom is 0.228 e. The molecule has 1 heterocycles. The largest absolute Gasteiger partial charge is 0.493 e. The summed E-state index contributed by atoms with van der Waals surface area (Å²) in [5.41, 5.74) is 6.20. The molecule has 4 nitrogen and oxygen atoms in total. The van der Waals surface area contributed by atoms with Crippen LogP contribution >= 0.6 is 12.2 Å². The molecule has 1 aliphatic rings. The Bertz CT molecular complexity index is 541. The standard InChI is InChI=1S/C16H22N2O2S/c1-3-16(4-2,15(17)21)18-14(19)12-9-10-20-13-8-6-5-7-11(12)13/h5-8,12H,3-4,9-10H2,1-2H3,(H2,17,21)(H,18,19). The fourth-order valence-corrected chi connectivity index (χ4v) is 3.11. The second-order valence-corrected chi connectivity index (χ2v) is 5.81. The van der Waals surface area contributed by atoms with Crippen molar-refractivity contribution in [3.8, 4) is 5.75 Å². The van der Waals surface area contributed by atoms with Gasteiger partial charge in [0.25, 0.3) is 0 Å². The Morgan fingerprint density at radius 1 is 1.43 bits per heavy atom. The molecule has 3 N–H and O–H groups in total. The van der Waals surface area contributed by atoms with Crippen molar-refractivity contribution < 1.29 is 9.53 Å². The zero-order valence-corrected chi connectivity index (χ0v) is 13.3. The van der Waals surface area contributed by atoms with Gasteiger partial charge in [-0.1, -0.05) is 44.3 Å². The van der Waals surface area contributed by atoms with Crippen molar-refractivity contribution in [3.63, 3.8) is 0 Å². The van der Waals surface area contributed by atoms with Gasteiger partial charge in [-0.25, -0.2) is 0 Å². The summed E-state index contributed by atoms with van der Waals surface area (Å²) in [7, 11) is 0. The van der Waals surface area contributed by atoms with E-state index in [4.69, 9.17) is 22.7 Å². The molecule has 0 fully saturated rings. The van der Waals surface area contributed by atoms with E-state index in [0.717, 1.165) is 11.3 Å². The number of para-hydroxylation sites is 1. The fraction of sp³-hybridized carbons (Fsp3) is 0.500. The molecule has 0 bridgehead atoms. The highest BCUT2D eigenvalue weighted by Gasteiger charge is 2.35. The van der Waals surface area contributed by atoms with Crippen LogP contribution < -0.4 is 15.8 Å². The second kappa shape index (κ2) is 6.43. The SMILES string of the molecule is CCC(CC)(NC(=O)C1CCOc2ccccc21)C(N)=S. The summed E-state index contributed by atoms with van der Waals surface area (Å²) in [6, 6.07) is 7.68. The van der Waals surface area contributed by atoms with E-state index in [2.05, 4.69) is 5.32 Å². The van der Waals surface area contributed by atoms with E-state index in [0.29, 0.717) is 30.9 Å². The molecule has 0 aromatic heterocycles. The molecule has 1 amide bonds. The molecule has 0 radical (unpaired) electrons. The third-order valence-corrected chi connectivity index (χ3v) is 4.71. The van der Waals surface area contributed by atoms with Gasteiger partial charge in [0.05, 0.1) is 23.1 Å². The van der Waals surface area contributed by atoms with Crippen LogP contribution in [0.15, 0.2) is 24.3 Å². The number of hydrogen-bond donors (Lipinski definition) is 2. The van der Waals surface area contributed by atoms with Crippen LogP contribution in [0.2, 0.25) is 0 Å². The molecule has 1 aromatic rings. The van der Waals surface area contributed by atoms with E-state index in [1.165, 1.54) is 0 Å². The topological polar surface area (TPSA) is 64.3 Å². The molecule has 1 unspecified atom stereocenters. The van der Waals surface area contributed by atoms with Crippen LogP contribution in [-0.4, -0.2) is 23.0 Å². The minimum atomic E-state index is -0.598. The van der Waals surface area contributed by atoms with Crippen molar-refractivity contribution in [2.24, 2.45) is 5.73 Å². The summed E-state index contributed by atoms with van der Waals surface area (Å²) in [6.45, 7) is 4.52. The van der Waals surface area contributed by atoms with Crippen LogP contribution in [0.5, 0.6) is 5.75 Å². The minimum Gasteiger partial charge on any atom is -0.493 e. The zero-order chi connectivity index (χ0) is 15.5. The highest BCUT2D eigenvalue weighted by Crippen LogP contribution is 2.34. The number of thiocarbonyl (C=S) groups is 1. The van der Waals surface area contributed by atoms with Gasteiger partial charge in [0.2, 0.25) is 5.91 Å². The first kappa shape index (κ1) is 15.8. The van der Waals surface area contributed by atoms with Crippen molar-refractivity contribution in [2.75, 3.05) is 6.61 Å². The Kier molecular flexibility index (Phi) is 4.83. The fourth-order valence-electron chi connectivity index (χ4n) is 2.77. The van der Waals surface area contributed by atoms with E-state index in [-0.39, 0.29) is 11.8 Å². The number of nitrogens with one attached hydrogen (secondary N) is 1. The number of fused-ring (bicyclic) bond motifs is 1. The van der Waals surface area contributed by atoms with Crippen LogP contribution in [-0.2, 0) is 4.79 Å². The van der Waals surface area contributed by atoms with Crippen molar-refractivity contribution in [2.45, 2.75) is 44.6 Å². The normalized spacial score (nSPS) is 17.5. The van der Waals surface area contributed by atoms with Crippen molar-refractivity contribution >= 4 is 23.1 Å². The highest BCUT2D eigenvalue weighted by atomic mass is 32.1. The molecule has 2 rings (SSSR count). The number of amides is 1. The van der Waals surface area contributed by atoms with Crippen LogP contribution in [0.25, 0.3) is 0 Å². The van der Waals surface area contributed by atoms with Crippen molar-refractivity contribution in [1.29, 1.82) is 0 Å². The summed E-state index contributed by atoms with van der Waals surface area (Å²) >= 11 is 5.16. The highest BCUT2D eigenvalue weighted by molar-refractivity contribution is 7.80. The minimum absolute atomic E-state index is 0.0257. The third-order valence-electron chi connectivity index (χ3n) is 4.32. The number of carbonyl (C=O) groups is 1. The van der Waals surface area contributed by atoms with Crippen LogP contribution in [0.1, 0.15) is 44.6 Å². The summed E-state index contributed by atoms with van der Waals surface area (Å²) in [5.74, 6) is 0.557. The third kappa shape index (κ3) is 3.02. The molecular weight excluding hydrogens is 284 g/mol. The second-order valence-electron chi connectivity index (χ2n) is 5.37. The number of hydrogen-bond acceptors (Lipinski definition) is 3. The Morgan fingerprint density at radius 2 is 2.10 bits per heavy atom. The predicted molar refractivity (Wildman–Crippen MR) is 87.5 cm³/mol. The van der Waals surface area contributed by atoms with E-state index < -0.39 is 5.54 Å². The average Bonchev–Trinajstić information content (AvgIpc) is 2.51. The van der Waals surface area contributed by atoms with Gasteiger partial charge in [-0.2, -0.15) is 0 Å². The van der Waals surface area contributed by atoms with Crippen LogP contribution in [0.3, 0.4) is 0 Å². The van der Waals surface area contributed by atoms with Crippen LogP contribution in [0, 0.1) is 0 Å². The Hall–Kier alpha value is -1.62. The van der Waals surface area contributed by atoms with Gasteiger partial charge in [0.15, 0.2) is 0 Å².